The third-order valence-electron chi connectivity index (χ3n) is 6.47. The van der Waals surface area contributed by atoms with E-state index in [1.165, 1.54) is 68.7 Å². The summed E-state index contributed by atoms with van der Waals surface area (Å²) in [5, 5.41) is 21.1. The summed E-state index contributed by atoms with van der Waals surface area (Å²) in [7, 11) is 0. The monoisotopic (exact) mass is 521 g/mol. The molecule has 0 aliphatic rings. The predicted octanol–water partition coefficient (Wildman–Crippen LogP) is 7.16. The van der Waals surface area contributed by atoms with Crippen molar-refractivity contribution in [2.75, 3.05) is 16.8 Å². The van der Waals surface area contributed by atoms with Crippen LogP contribution in [0.4, 0.5) is 5.95 Å². The van der Waals surface area contributed by atoms with Crippen LogP contribution in [0.2, 0.25) is 0 Å². The number of aromatic nitrogens is 2. The van der Waals surface area contributed by atoms with Crippen molar-refractivity contribution in [2.45, 2.75) is 98.4 Å². The van der Waals surface area contributed by atoms with Crippen LogP contribution in [0.3, 0.4) is 0 Å². The molecule has 0 saturated carbocycles. The van der Waals surface area contributed by atoms with E-state index in [2.05, 4.69) is 56.0 Å². The molecule has 0 saturated heterocycles. The van der Waals surface area contributed by atoms with Crippen molar-refractivity contribution >= 4 is 29.6 Å². The van der Waals surface area contributed by atoms with Crippen LogP contribution in [0, 0.1) is 17.8 Å². The Morgan fingerprint density at radius 1 is 0.944 bits per heavy atom. The number of aromatic carboxylic acids is 1. The topological polar surface area (TPSA) is 112 Å². The Morgan fingerprint density at radius 2 is 1.50 bits per heavy atom. The number of carboxylic acids is 2. The first-order valence-electron chi connectivity index (χ1n) is 13.4. The van der Waals surface area contributed by atoms with Crippen LogP contribution >= 0.6 is 11.8 Å². The number of hydrogen-bond donors (Lipinski definition) is 3. The zero-order chi connectivity index (χ0) is 26.9. The van der Waals surface area contributed by atoms with E-state index in [9.17, 15) is 14.7 Å². The van der Waals surface area contributed by atoms with E-state index in [1.54, 1.807) is 0 Å². The first kappa shape index (κ1) is 31.9. The van der Waals surface area contributed by atoms with Gasteiger partial charge in [-0.3, -0.25) is 0 Å². The number of carboxylic acid groups (broad SMARTS) is 2. The first-order valence-corrected chi connectivity index (χ1v) is 14.5. The molecule has 0 bridgehead atoms. The lowest BCUT2D eigenvalue weighted by Gasteiger charge is -2.15. The second-order valence-corrected chi connectivity index (χ2v) is 11.7. The molecule has 2 unspecified atom stereocenters. The lowest BCUT2D eigenvalue weighted by Crippen LogP contribution is -2.32. The molecule has 1 rings (SSSR count). The van der Waals surface area contributed by atoms with E-state index < -0.39 is 18.0 Å². The molecule has 0 aromatic carbocycles. The fourth-order valence-corrected chi connectivity index (χ4v) is 5.04. The molecule has 204 valence electrons. The second-order valence-electron chi connectivity index (χ2n) is 10.6. The molecule has 0 aliphatic carbocycles. The minimum Gasteiger partial charge on any atom is -0.480 e. The molecular weight excluding hydrogens is 474 g/mol. The maximum absolute atomic E-state index is 11.6. The van der Waals surface area contributed by atoms with E-state index in [0.717, 1.165) is 42.3 Å². The molecule has 7 nitrogen and oxygen atoms in total. The van der Waals surface area contributed by atoms with Crippen LogP contribution in [-0.4, -0.2) is 49.7 Å². The summed E-state index contributed by atoms with van der Waals surface area (Å²) >= 11 is 1.54. The number of nitrogens with zero attached hydrogens (tertiary/aromatic N) is 2. The Hall–Kier alpha value is -2.09. The van der Waals surface area contributed by atoms with Gasteiger partial charge < -0.3 is 15.5 Å². The minimum absolute atomic E-state index is 0.0427. The zero-order valence-electron chi connectivity index (χ0n) is 22.8. The molecule has 36 heavy (non-hydrogen) atoms. The predicted molar refractivity (Wildman–Crippen MR) is 150 cm³/mol. The fraction of sp³-hybridized carbons (Fsp3) is 0.714. The summed E-state index contributed by atoms with van der Waals surface area (Å²) in [5.41, 5.74) is 1.31. The SMILES string of the molecule is C/C(=C\CSC[C@H](Nc1ncc(C(=O)O)cn1)C(=O)O)CCCC(C)CCCC(C)CCCC(C)C. The zero-order valence-corrected chi connectivity index (χ0v) is 23.6. The van der Waals surface area contributed by atoms with E-state index in [-0.39, 0.29) is 11.5 Å². The van der Waals surface area contributed by atoms with Crippen molar-refractivity contribution in [1.82, 2.24) is 9.97 Å². The van der Waals surface area contributed by atoms with E-state index >= 15 is 0 Å². The minimum atomic E-state index is -1.12. The molecule has 1 aromatic rings. The summed E-state index contributed by atoms with van der Waals surface area (Å²) < 4.78 is 0. The third kappa shape index (κ3) is 15.1. The van der Waals surface area contributed by atoms with Crippen LogP contribution in [-0.2, 0) is 4.79 Å². The highest BCUT2D eigenvalue weighted by Crippen LogP contribution is 2.22. The molecule has 0 aliphatic heterocycles. The van der Waals surface area contributed by atoms with Crippen LogP contribution in [0.5, 0.6) is 0 Å². The van der Waals surface area contributed by atoms with Crippen LogP contribution in [0.1, 0.15) is 103 Å². The number of aliphatic carboxylic acids is 1. The Labute approximate surface area is 222 Å². The molecule has 8 heteroatoms. The Balaban J connectivity index is 2.22. The number of carbonyl (C=O) groups is 2. The van der Waals surface area contributed by atoms with E-state index in [4.69, 9.17) is 5.11 Å². The maximum atomic E-state index is 11.6. The second kappa shape index (κ2) is 18.2. The normalized spacial score (nSPS) is 14.4. The Kier molecular flexibility index (Phi) is 16.1. The van der Waals surface area contributed by atoms with Crippen molar-refractivity contribution in [3.63, 3.8) is 0 Å². The van der Waals surface area contributed by atoms with Gasteiger partial charge in [-0.05, 0) is 37.5 Å². The van der Waals surface area contributed by atoms with Gasteiger partial charge in [-0.25, -0.2) is 19.6 Å². The number of hydrogen-bond acceptors (Lipinski definition) is 6. The Bertz CT molecular complexity index is 798. The summed E-state index contributed by atoms with van der Waals surface area (Å²) in [5.74, 6) is 1.53. The largest absolute Gasteiger partial charge is 0.480 e. The fourth-order valence-electron chi connectivity index (χ4n) is 4.04. The van der Waals surface area contributed by atoms with Gasteiger partial charge in [0, 0.05) is 23.9 Å². The molecule has 0 fully saturated rings. The van der Waals surface area contributed by atoms with Crippen molar-refractivity contribution in [3.05, 3.63) is 29.6 Å². The van der Waals surface area contributed by atoms with E-state index in [1.807, 2.05) is 0 Å². The van der Waals surface area contributed by atoms with Crippen LogP contribution in [0.25, 0.3) is 0 Å². The quantitative estimate of drug-likeness (QED) is 0.122. The number of rotatable bonds is 20. The number of thioether (sulfide) groups is 1. The number of anilines is 1. The highest BCUT2D eigenvalue weighted by Gasteiger charge is 2.18. The van der Waals surface area contributed by atoms with Gasteiger partial charge >= 0.3 is 11.9 Å². The first-order chi connectivity index (χ1) is 17.1. The smallest absolute Gasteiger partial charge is 0.338 e. The van der Waals surface area contributed by atoms with Crippen molar-refractivity contribution in [1.29, 1.82) is 0 Å². The van der Waals surface area contributed by atoms with Gasteiger partial charge in [0.1, 0.15) is 6.04 Å². The molecule has 0 radical (unpaired) electrons. The average molecular weight is 522 g/mol. The highest BCUT2D eigenvalue weighted by molar-refractivity contribution is 7.99. The van der Waals surface area contributed by atoms with Gasteiger partial charge in [0.25, 0.3) is 0 Å². The standard InChI is InChI=1S/C28H47N3O4S/c1-20(2)9-6-10-21(3)11-7-12-22(4)13-8-14-23(5)15-16-36-19-25(27(34)35)31-28-29-17-24(18-30-28)26(32)33/h15,17-18,20-22,25H,6-14,16,19H2,1-5H3,(H,32,33)(H,34,35)(H,29,30,31)/b23-15+/t21?,22?,25-/m0/s1. The molecule has 1 aromatic heterocycles. The van der Waals surface area contributed by atoms with Crippen LogP contribution < -0.4 is 5.32 Å². The average Bonchev–Trinajstić information content (AvgIpc) is 2.81. The molecular formula is C28H47N3O4S. The van der Waals surface area contributed by atoms with E-state index in [0.29, 0.717) is 5.75 Å². The summed E-state index contributed by atoms with van der Waals surface area (Å²) in [4.78, 5) is 30.2. The van der Waals surface area contributed by atoms with Gasteiger partial charge in [0.2, 0.25) is 5.95 Å². The van der Waals surface area contributed by atoms with Gasteiger partial charge in [-0.2, -0.15) is 11.8 Å². The molecule has 1 heterocycles. The number of allylic oxidation sites excluding steroid dienone is 1. The van der Waals surface area contributed by atoms with Crippen molar-refractivity contribution < 1.29 is 19.8 Å². The molecule has 3 N–H and O–H groups in total. The lowest BCUT2D eigenvalue weighted by molar-refractivity contribution is -0.137. The van der Waals surface area contributed by atoms with Crippen molar-refractivity contribution in [2.24, 2.45) is 17.8 Å². The molecule has 3 atom stereocenters. The van der Waals surface area contributed by atoms with Gasteiger partial charge in [-0.15, -0.1) is 0 Å². The highest BCUT2D eigenvalue weighted by atomic mass is 32.2. The lowest BCUT2D eigenvalue weighted by atomic mass is 9.91. The Morgan fingerprint density at radius 3 is 2.03 bits per heavy atom. The molecule has 0 amide bonds. The van der Waals surface area contributed by atoms with Gasteiger partial charge in [0.15, 0.2) is 0 Å². The van der Waals surface area contributed by atoms with Crippen LogP contribution in [0.15, 0.2) is 24.0 Å². The van der Waals surface area contributed by atoms with Crippen molar-refractivity contribution in [3.8, 4) is 0 Å². The third-order valence-corrected chi connectivity index (χ3v) is 7.45. The maximum Gasteiger partial charge on any atom is 0.338 e. The summed E-state index contributed by atoms with van der Waals surface area (Å²) in [6.45, 7) is 11.5. The summed E-state index contributed by atoms with van der Waals surface area (Å²) in [6.07, 6.45) is 16.1. The number of nitrogens with one attached hydrogen (secondary N) is 1. The van der Waals surface area contributed by atoms with Gasteiger partial charge in [-0.1, -0.05) is 84.3 Å². The van der Waals surface area contributed by atoms with Gasteiger partial charge in [0.05, 0.1) is 5.56 Å². The molecule has 0 spiro atoms. The summed E-state index contributed by atoms with van der Waals surface area (Å²) in [6, 6.07) is -0.849.